The Labute approximate surface area is 98.8 Å². The van der Waals surface area contributed by atoms with Gasteiger partial charge in [-0.2, -0.15) is 0 Å². The van der Waals surface area contributed by atoms with Crippen LogP contribution < -0.4 is 10.6 Å². The average molecular weight is 221 g/mol. The van der Waals surface area contributed by atoms with Crippen LogP contribution in [0.1, 0.15) is 12.0 Å². The van der Waals surface area contributed by atoms with Gasteiger partial charge < -0.3 is 15.5 Å². The van der Waals surface area contributed by atoms with Crippen LogP contribution in [-0.4, -0.2) is 39.1 Å². The average Bonchev–Trinajstić information content (AvgIpc) is 2.29. The Bertz CT molecular complexity index is 297. The molecule has 0 heterocycles. The number of hydrogen-bond acceptors (Lipinski definition) is 3. The Morgan fingerprint density at radius 2 is 1.94 bits per heavy atom. The van der Waals surface area contributed by atoms with Gasteiger partial charge >= 0.3 is 0 Å². The summed E-state index contributed by atoms with van der Waals surface area (Å²) in [6, 6.07) is 8.40. The van der Waals surface area contributed by atoms with Crippen LogP contribution in [0.2, 0.25) is 0 Å². The molecule has 0 saturated heterocycles. The molecule has 90 valence electrons. The maximum Gasteiger partial charge on any atom is 0.0383 e. The Kier molecular flexibility index (Phi) is 5.90. The molecule has 0 spiro atoms. The van der Waals surface area contributed by atoms with Gasteiger partial charge in [-0.1, -0.05) is 18.2 Å². The summed E-state index contributed by atoms with van der Waals surface area (Å²) in [5.74, 6) is 0. The quantitative estimate of drug-likeness (QED) is 0.687. The highest BCUT2D eigenvalue weighted by Gasteiger charge is 1.98. The van der Waals surface area contributed by atoms with Gasteiger partial charge in [0.2, 0.25) is 0 Å². The highest BCUT2D eigenvalue weighted by atomic mass is 15.1. The van der Waals surface area contributed by atoms with E-state index in [0.717, 1.165) is 19.6 Å². The number of nitrogens with one attached hydrogen (secondary N) is 2. The normalized spacial score (nSPS) is 10.8. The zero-order valence-corrected chi connectivity index (χ0v) is 10.6. The third-order valence-electron chi connectivity index (χ3n) is 2.56. The van der Waals surface area contributed by atoms with Crippen molar-refractivity contribution in [3.8, 4) is 0 Å². The molecule has 0 aliphatic carbocycles. The van der Waals surface area contributed by atoms with Gasteiger partial charge in [-0.15, -0.1) is 0 Å². The fourth-order valence-corrected chi connectivity index (χ4v) is 1.66. The van der Waals surface area contributed by atoms with Gasteiger partial charge in [0, 0.05) is 19.3 Å². The van der Waals surface area contributed by atoms with Crippen LogP contribution in [0.3, 0.4) is 0 Å². The van der Waals surface area contributed by atoms with Crippen molar-refractivity contribution < 1.29 is 0 Å². The standard InChI is InChI=1S/C13H23N3/c1-14-13-8-5-4-7-12(13)11-15-9-6-10-16(2)3/h4-5,7-8,14-15H,6,9-11H2,1-3H3. The van der Waals surface area contributed by atoms with Crippen molar-refractivity contribution in [2.75, 3.05) is 39.5 Å². The lowest BCUT2D eigenvalue weighted by molar-refractivity contribution is 0.394. The summed E-state index contributed by atoms with van der Waals surface area (Å²) >= 11 is 0. The lowest BCUT2D eigenvalue weighted by Gasteiger charge is -2.11. The van der Waals surface area contributed by atoms with Gasteiger partial charge in [-0.25, -0.2) is 0 Å². The predicted molar refractivity (Wildman–Crippen MR) is 70.9 cm³/mol. The molecular weight excluding hydrogens is 198 g/mol. The molecule has 0 aliphatic rings. The van der Waals surface area contributed by atoms with Gasteiger partial charge in [0.1, 0.15) is 0 Å². The van der Waals surface area contributed by atoms with Crippen molar-refractivity contribution in [1.29, 1.82) is 0 Å². The molecule has 3 heteroatoms. The monoisotopic (exact) mass is 221 g/mol. The van der Waals surface area contributed by atoms with Crippen molar-refractivity contribution in [2.24, 2.45) is 0 Å². The second-order valence-corrected chi connectivity index (χ2v) is 4.24. The van der Waals surface area contributed by atoms with Crippen molar-refractivity contribution in [3.63, 3.8) is 0 Å². The van der Waals surface area contributed by atoms with E-state index in [1.165, 1.54) is 17.7 Å². The summed E-state index contributed by atoms with van der Waals surface area (Å²) < 4.78 is 0. The minimum atomic E-state index is 0.935. The second-order valence-electron chi connectivity index (χ2n) is 4.24. The molecule has 0 atom stereocenters. The fraction of sp³-hybridized carbons (Fsp3) is 0.538. The van der Waals surface area contributed by atoms with E-state index >= 15 is 0 Å². The molecule has 2 N–H and O–H groups in total. The lowest BCUT2D eigenvalue weighted by Crippen LogP contribution is -2.21. The lowest BCUT2D eigenvalue weighted by atomic mass is 10.2. The minimum absolute atomic E-state index is 0.935. The van der Waals surface area contributed by atoms with Crippen molar-refractivity contribution >= 4 is 5.69 Å². The number of hydrogen-bond donors (Lipinski definition) is 2. The van der Waals surface area contributed by atoms with E-state index < -0.39 is 0 Å². The number of anilines is 1. The molecule has 0 radical (unpaired) electrons. The zero-order valence-electron chi connectivity index (χ0n) is 10.6. The Balaban J connectivity index is 2.26. The van der Waals surface area contributed by atoms with Gasteiger partial charge in [0.15, 0.2) is 0 Å². The molecule has 0 aliphatic heterocycles. The van der Waals surface area contributed by atoms with E-state index in [9.17, 15) is 0 Å². The van der Waals surface area contributed by atoms with E-state index in [2.05, 4.69) is 53.9 Å². The summed E-state index contributed by atoms with van der Waals surface area (Å²) in [6.07, 6.45) is 1.19. The van der Waals surface area contributed by atoms with Crippen LogP contribution in [0, 0.1) is 0 Å². The molecule has 1 rings (SSSR count). The predicted octanol–water partition coefficient (Wildman–Crippen LogP) is 1.77. The molecular formula is C13H23N3. The zero-order chi connectivity index (χ0) is 11.8. The Morgan fingerprint density at radius 3 is 2.62 bits per heavy atom. The molecule has 0 fully saturated rings. The number of nitrogens with zero attached hydrogens (tertiary/aromatic N) is 1. The highest BCUT2D eigenvalue weighted by molar-refractivity contribution is 5.50. The molecule has 0 unspecified atom stereocenters. The van der Waals surface area contributed by atoms with E-state index in [4.69, 9.17) is 0 Å². The summed E-state index contributed by atoms with van der Waals surface area (Å²) in [4.78, 5) is 2.21. The second kappa shape index (κ2) is 7.25. The van der Waals surface area contributed by atoms with E-state index in [1.54, 1.807) is 0 Å². The van der Waals surface area contributed by atoms with Gasteiger partial charge in [-0.05, 0) is 45.2 Å². The summed E-state index contributed by atoms with van der Waals surface area (Å²) in [5.41, 5.74) is 2.54. The number of benzene rings is 1. The highest BCUT2D eigenvalue weighted by Crippen LogP contribution is 2.13. The maximum atomic E-state index is 3.47. The molecule has 0 bridgehead atoms. The maximum absolute atomic E-state index is 3.47. The molecule has 0 aromatic heterocycles. The largest absolute Gasteiger partial charge is 0.388 e. The molecule has 0 saturated carbocycles. The molecule has 3 nitrogen and oxygen atoms in total. The third kappa shape index (κ3) is 4.64. The topological polar surface area (TPSA) is 27.3 Å². The SMILES string of the molecule is CNc1ccccc1CNCCCN(C)C. The first kappa shape index (κ1) is 13.0. The molecule has 1 aromatic rings. The first-order valence-electron chi connectivity index (χ1n) is 5.85. The van der Waals surface area contributed by atoms with Crippen molar-refractivity contribution in [2.45, 2.75) is 13.0 Å². The summed E-state index contributed by atoms with van der Waals surface area (Å²) in [7, 11) is 6.18. The van der Waals surface area contributed by atoms with Crippen molar-refractivity contribution in [1.82, 2.24) is 10.2 Å². The minimum Gasteiger partial charge on any atom is -0.388 e. The smallest absolute Gasteiger partial charge is 0.0383 e. The fourth-order valence-electron chi connectivity index (χ4n) is 1.66. The van der Waals surface area contributed by atoms with E-state index in [-0.39, 0.29) is 0 Å². The first-order chi connectivity index (χ1) is 7.74. The van der Waals surface area contributed by atoms with Crippen LogP contribution >= 0.6 is 0 Å². The van der Waals surface area contributed by atoms with Crippen LogP contribution in [0.4, 0.5) is 5.69 Å². The van der Waals surface area contributed by atoms with Gasteiger partial charge in [0.05, 0.1) is 0 Å². The van der Waals surface area contributed by atoms with Crippen LogP contribution in [0.25, 0.3) is 0 Å². The molecule has 1 aromatic carbocycles. The van der Waals surface area contributed by atoms with E-state index in [1.807, 2.05) is 7.05 Å². The van der Waals surface area contributed by atoms with Crippen molar-refractivity contribution in [3.05, 3.63) is 29.8 Å². The van der Waals surface area contributed by atoms with Gasteiger partial charge in [-0.3, -0.25) is 0 Å². The Morgan fingerprint density at radius 1 is 1.19 bits per heavy atom. The molecule has 16 heavy (non-hydrogen) atoms. The van der Waals surface area contributed by atoms with Crippen LogP contribution in [0.15, 0.2) is 24.3 Å². The first-order valence-corrected chi connectivity index (χ1v) is 5.85. The summed E-state index contributed by atoms with van der Waals surface area (Å²) in [5, 5.41) is 6.67. The molecule has 0 amide bonds. The van der Waals surface area contributed by atoms with Crippen LogP contribution in [0.5, 0.6) is 0 Å². The number of para-hydroxylation sites is 1. The third-order valence-corrected chi connectivity index (χ3v) is 2.56. The van der Waals surface area contributed by atoms with E-state index in [0.29, 0.717) is 0 Å². The van der Waals surface area contributed by atoms with Crippen LogP contribution in [-0.2, 0) is 6.54 Å². The number of rotatable bonds is 7. The Hall–Kier alpha value is -1.06. The van der Waals surface area contributed by atoms with Gasteiger partial charge in [0.25, 0.3) is 0 Å². The summed E-state index contributed by atoms with van der Waals surface area (Å²) in [6.45, 7) is 3.14.